The molecule has 2 atom stereocenters. The molecule has 0 spiro atoms. The van der Waals surface area contributed by atoms with Crippen LogP contribution in [0.25, 0.3) is 11.1 Å². The number of amides is 2. The van der Waals surface area contributed by atoms with Crippen LogP contribution in [0.1, 0.15) is 24.2 Å². The van der Waals surface area contributed by atoms with E-state index in [4.69, 9.17) is 4.74 Å². The minimum absolute atomic E-state index is 0.207. The van der Waals surface area contributed by atoms with E-state index >= 15 is 4.39 Å². The number of halogens is 1. The summed E-state index contributed by atoms with van der Waals surface area (Å²) >= 11 is 0. The molecular weight excluding hydrogens is 461 g/mol. The first-order valence-electron chi connectivity index (χ1n) is 11.8. The maximum absolute atomic E-state index is 15.0. The summed E-state index contributed by atoms with van der Waals surface area (Å²) in [6, 6.07) is 21.8. The molecule has 1 aliphatic rings. The Morgan fingerprint density at radius 1 is 1.17 bits per heavy atom. The highest BCUT2D eigenvalue weighted by atomic mass is 19.1. The fourth-order valence-corrected chi connectivity index (χ4v) is 4.25. The Labute approximate surface area is 210 Å². The summed E-state index contributed by atoms with van der Waals surface area (Å²) in [5, 5.41) is 13.3. The predicted octanol–water partition coefficient (Wildman–Crippen LogP) is 4.12. The van der Waals surface area contributed by atoms with Crippen molar-refractivity contribution in [3.63, 3.8) is 0 Å². The Morgan fingerprint density at radius 2 is 1.89 bits per heavy atom. The van der Waals surface area contributed by atoms with E-state index in [1.54, 1.807) is 36.4 Å². The number of nitrogens with zero attached hydrogens (tertiary/aromatic N) is 2. The standard InChI is InChI=1S/C28H30FN3O4/c1-19(33)30-15-24-17-32(28(35)36-24)23-12-13-25(26(29)14-23)21-8-10-22(11-9-21)27(34)18-31(2)16-20-6-4-3-5-7-20/h3-14,24,27,34H,15-18H2,1-2H3,(H,30,33). The summed E-state index contributed by atoms with van der Waals surface area (Å²) in [5.74, 6) is -0.681. The van der Waals surface area contributed by atoms with Crippen molar-refractivity contribution in [3.05, 3.63) is 89.7 Å². The second-order valence-electron chi connectivity index (χ2n) is 9.04. The van der Waals surface area contributed by atoms with Crippen molar-refractivity contribution >= 4 is 17.7 Å². The normalized spacial score (nSPS) is 16.2. The lowest BCUT2D eigenvalue weighted by Crippen LogP contribution is -2.33. The number of cyclic esters (lactones) is 1. The number of benzene rings is 3. The van der Waals surface area contributed by atoms with E-state index in [2.05, 4.69) is 10.2 Å². The van der Waals surface area contributed by atoms with E-state index in [0.717, 1.165) is 12.1 Å². The largest absolute Gasteiger partial charge is 0.442 e. The molecule has 0 bridgehead atoms. The Bertz CT molecular complexity index is 1200. The van der Waals surface area contributed by atoms with E-state index in [-0.39, 0.29) is 19.0 Å². The smallest absolute Gasteiger partial charge is 0.414 e. The van der Waals surface area contributed by atoms with Crippen molar-refractivity contribution in [2.24, 2.45) is 0 Å². The van der Waals surface area contributed by atoms with Crippen LogP contribution < -0.4 is 10.2 Å². The number of hydrogen-bond acceptors (Lipinski definition) is 5. The highest BCUT2D eigenvalue weighted by molar-refractivity contribution is 5.90. The van der Waals surface area contributed by atoms with Gasteiger partial charge in [-0.25, -0.2) is 9.18 Å². The topological polar surface area (TPSA) is 82.1 Å². The molecule has 0 aromatic heterocycles. The SMILES string of the molecule is CC(=O)NCC1CN(c2ccc(-c3ccc(C(O)CN(C)Cc4ccccc4)cc3)c(F)c2)C(=O)O1. The molecular formula is C28H30FN3O4. The van der Waals surface area contributed by atoms with Crippen molar-refractivity contribution < 1.29 is 23.8 Å². The van der Waals surface area contributed by atoms with Gasteiger partial charge in [-0.3, -0.25) is 14.6 Å². The van der Waals surface area contributed by atoms with Crippen LogP contribution in [0.3, 0.4) is 0 Å². The van der Waals surface area contributed by atoms with E-state index in [1.807, 2.05) is 37.4 Å². The minimum Gasteiger partial charge on any atom is -0.442 e. The van der Waals surface area contributed by atoms with Crippen LogP contribution in [-0.4, -0.2) is 54.8 Å². The van der Waals surface area contributed by atoms with Crippen LogP contribution in [0.2, 0.25) is 0 Å². The molecule has 3 aromatic rings. The van der Waals surface area contributed by atoms with Crippen molar-refractivity contribution in [2.75, 3.05) is 31.6 Å². The summed E-state index contributed by atoms with van der Waals surface area (Å²) in [5.41, 5.74) is 3.37. The number of rotatable bonds is 9. The quantitative estimate of drug-likeness (QED) is 0.471. The van der Waals surface area contributed by atoms with Gasteiger partial charge in [0.1, 0.15) is 11.9 Å². The average Bonchev–Trinajstić information content (AvgIpc) is 3.23. The first-order valence-corrected chi connectivity index (χ1v) is 11.8. The number of ether oxygens (including phenoxy) is 1. The summed E-state index contributed by atoms with van der Waals surface area (Å²) in [6.45, 7) is 3.01. The van der Waals surface area contributed by atoms with E-state index in [1.165, 1.54) is 23.5 Å². The molecule has 1 aliphatic heterocycles. The molecule has 2 amide bonds. The van der Waals surface area contributed by atoms with Gasteiger partial charge < -0.3 is 15.2 Å². The van der Waals surface area contributed by atoms with Gasteiger partial charge in [0.15, 0.2) is 0 Å². The molecule has 1 heterocycles. The number of anilines is 1. The third kappa shape index (κ3) is 6.27. The summed E-state index contributed by atoms with van der Waals surface area (Å²) in [7, 11) is 1.96. The van der Waals surface area contributed by atoms with Crippen molar-refractivity contribution in [1.82, 2.24) is 10.2 Å². The molecule has 8 heteroatoms. The third-order valence-corrected chi connectivity index (χ3v) is 6.10. The number of carbonyl (C=O) groups is 2. The average molecular weight is 492 g/mol. The molecule has 0 saturated carbocycles. The third-order valence-electron chi connectivity index (χ3n) is 6.10. The first-order chi connectivity index (χ1) is 17.3. The molecule has 36 heavy (non-hydrogen) atoms. The van der Waals surface area contributed by atoms with Gasteiger partial charge >= 0.3 is 6.09 Å². The predicted molar refractivity (Wildman–Crippen MR) is 136 cm³/mol. The lowest BCUT2D eigenvalue weighted by atomic mass is 10.0. The molecule has 1 fully saturated rings. The molecule has 7 nitrogen and oxygen atoms in total. The molecule has 4 rings (SSSR count). The number of nitrogens with one attached hydrogen (secondary N) is 1. The maximum Gasteiger partial charge on any atom is 0.414 e. The zero-order valence-electron chi connectivity index (χ0n) is 20.4. The summed E-state index contributed by atoms with van der Waals surface area (Å²) < 4.78 is 20.3. The lowest BCUT2D eigenvalue weighted by Gasteiger charge is -2.21. The van der Waals surface area contributed by atoms with Crippen molar-refractivity contribution in [3.8, 4) is 11.1 Å². The van der Waals surface area contributed by atoms with Gasteiger partial charge in [-0.2, -0.15) is 0 Å². The van der Waals surface area contributed by atoms with Gasteiger partial charge in [0.05, 0.1) is 24.9 Å². The molecule has 2 N–H and O–H groups in total. The fourth-order valence-electron chi connectivity index (χ4n) is 4.25. The van der Waals surface area contributed by atoms with Gasteiger partial charge in [-0.05, 0) is 41.9 Å². The number of aliphatic hydroxyl groups excluding tert-OH is 1. The van der Waals surface area contributed by atoms with Crippen molar-refractivity contribution in [1.29, 1.82) is 0 Å². The van der Waals surface area contributed by atoms with Gasteiger partial charge in [0.25, 0.3) is 0 Å². The Morgan fingerprint density at radius 3 is 2.56 bits per heavy atom. The van der Waals surface area contributed by atoms with Crippen LogP contribution >= 0.6 is 0 Å². The Hall–Kier alpha value is -3.75. The molecule has 3 aromatic carbocycles. The van der Waals surface area contributed by atoms with Gasteiger partial charge in [0.2, 0.25) is 5.91 Å². The van der Waals surface area contributed by atoms with E-state index < -0.39 is 24.1 Å². The van der Waals surface area contributed by atoms with Gasteiger partial charge in [-0.1, -0.05) is 54.6 Å². The number of hydrogen-bond donors (Lipinski definition) is 2. The highest BCUT2D eigenvalue weighted by Gasteiger charge is 2.32. The molecule has 0 radical (unpaired) electrons. The Kier molecular flexibility index (Phi) is 7.97. The molecule has 188 valence electrons. The van der Waals surface area contributed by atoms with Crippen LogP contribution in [0.5, 0.6) is 0 Å². The zero-order valence-corrected chi connectivity index (χ0v) is 20.4. The van der Waals surface area contributed by atoms with Crippen LogP contribution in [0, 0.1) is 5.82 Å². The molecule has 1 saturated heterocycles. The Balaban J connectivity index is 1.39. The van der Waals surface area contributed by atoms with E-state index in [0.29, 0.717) is 23.4 Å². The number of aliphatic hydroxyl groups is 1. The van der Waals surface area contributed by atoms with Crippen LogP contribution in [0.15, 0.2) is 72.8 Å². The minimum atomic E-state index is -0.674. The molecule has 2 unspecified atom stereocenters. The summed E-state index contributed by atoms with van der Waals surface area (Å²) in [6.07, 6.45) is -1.74. The summed E-state index contributed by atoms with van der Waals surface area (Å²) in [4.78, 5) is 26.7. The van der Waals surface area contributed by atoms with Crippen molar-refractivity contribution in [2.45, 2.75) is 25.7 Å². The second-order valence-corrected chi connectivity index (χ2v) is 9.04. The maximum atomic E-state index is 15.0. The van der Waals surface area contributed by atoms with E-state index in [9.17, 15) is 14.7 Å². The second kappa shape index (κ2) is 11.3. The fraction of sp³-hybridized carbons (Fsp3) is 0.286. The van der Waals surface area contributed by atoms with Gasteiger partial charge in [-0.15, -0.1) is 0 Å². The monoisotopic (exact) mass is 491 g/mol. The van der Waals surface area contributed by atoms with Gasteiger partial charge in [0, 0.05) is 25.6 Å². The molecule has 0 aliphatic carbocycles. The highest BCUT2D eigenvalue weighted by Crippen LogP contribution is 2.30. The number of likely N-dealkylation sites (N-methyl/N-ethyl adjacent to an activating group) is 1. The first kappa shape index (κ1) is 25.3. The van der Waals surface area contributed by atoms with Crippen LogP contribution in [-0.2, 0) is 16.1 Å². The number of carbonyl (C=O) groups excluding carboxylic acids is 2. The van der Waals surface area contributed by atoms with Crippen LogP contribution in [0.4, 0.5) is 14.9 Å². The zero-order chi connectivity index (χ0) is 25.7. The lowest BCUT2D eigenvalue weighted by molar-refractivity contribution is -0.119.